The molecule has 0 amide bonds. The number of halogens is 5. The Hall–Kier alpha value is -1.91. The van der Waals surface area contributed by atoms with Crippen molar-refractivity contribution in [1.82, 2.24) is 0 Å². The van der Waals surface area contributed by atoms with E-state index in [-0.39, 0.29) is 11.5 Å². The van der Waals surface area contributed by atoms with Crippen molar-refractivity contribution in [3.63, 3.8) is 0 Å². The molecule has 0 heterocycles. The molecule has 26 heavy (non-hydrogen) atoms. The van der Waals surface area contributed by atoms with E-state index < -0.39 is 34.6 Å². The summed E-state index contributed by atoms with van der Waals surface area (Å²) in [6, 6.07) is 3.55. The minimum atomic E-state index is -1.66. The standard InChI is InChI=1S/C21H23F5/c1-3-4-5-6-7-13(2)8-14-9-16(22)20(17(23)10-14)15-11-18(24)21(26)19(25)12-15/h9-13H,3-8H2,1-2H3. The molecule has 2 aromatic carbocycles. The van der Waals surface area contributed by atoms with Crippen LogP contribution in [-0.4, -0.2) is 0 Å². The highest BCUT2D eigenvalue weighted by molar-refractivity contribution is 5.65. The number of hydrogen-bond acceptors (Lipinski definition) is 0. The monoisotopic (exact) mass is 370 g/mol. The summed E-state index contributed by atoms with van der Waals surface area (Å²) in [7, 11) is 0. The zero-order chi connectivity index (χ0) is 19.3. The smallest absolute Gasteiger partial charge is 0.194 e. The second kappa shape index (κ2) is 9.15. The second-order valence-corrected chi connectivity index (χ2v) is 6.85. The van der Waals surface area contributed by atoms with Gasteiger partial charge in [0, 0.05) is 0 Å². The first kappa shape index (κ1) is 20.4. The summed E-state index contributed by atoms with van der Waals surface area (Å²) in [6.45, 7) is 4.16. The second-order valence-electron chi connectivity index (χ2n) is 6.85. The van der Waals surface area contributed by atoms with Crippen LogP contribution in [0.3, 0.4) is 0 Å². The number of benzene rings is 2. The quantitative estimate of drug-likeness (QED) is 0.262. The van der Waals surface area contributed by atoms with Gasteiger partial charge >= 0.3 is 0 Å². The Morgan fingerprint density at radius 2 is 1.35 bits per heavy atom. The molecule has 5 heteroatoms. The maximum atomic E-state index is 14.4. The van der Waals surface area contributed by atoms with E-state index >= 15 is 0 Å². The fourth-order valence-corrected chi connectivity index (χ4v) is 3.14. The van der Waals surface area contributed by atoms with Crippen molar-refractivity contribution >= 4 is 0 Å². The summed E-state index contributed by atoms with van der Waals surface area (Å²) in [4.78, 5) is 0. The lowest BCUT2D eigenvalue weighted by atomic mass is 9.93. The molecule has 142 valence electrons. The third kappa shape index (κ3) is 5.05. The van der Waals surface area contributed by atoms with Crippen LogP contribution in [0.15, 0.2) is 24.3 Å². The lowest BCUT2D eigenvalue weighted by molar-refractivity contribution is 0.447. The number of hydrogen-bond donors (Lipinski definition) is 0. The molecule has 0 nitrogen and oxygen atoms in total. The minimum Gasteiger partial charge on any atom is -0.206 e. The molecule has 0 bridgehead atoms. The summed E-state index contributed by atoms with van der Waals surface area (Å²) in [6.07, 6.45) is 6.04. The van der Waals surface area contributed by atoms with Gasteiger partial charge in [0.25, 0.3) is 0 Å². The molecule has 0 fully saturated rings. The first-order chi connectivity index (χ1) is 12.3. The zero-order valence-electron chi connectivity index (χ0n) is 15.0. The first-order valence-corrected chi connectivity index (χ1v) is 8.96. The van der Waals surface area contributed by atoms with Crippen LogP contribution in [0.5, 0.6) is 0 Å². The van der Waals surface area contributed by atoms with E-state index in [9.17, 15) is 22.0 Å². The Labute approximate surface area is 151 Å². The van der Waals surface area contributed by atoms with Crippen LogP contribution in [0.1, 0.15) is 51.5 Å². The summed E-state index contributed by atoms with van der Waals surface area (Å²) in [5.41, 5.74) is -0.424. The van der Waals surface area contributed by atoms with Gasteiger partial charge in [-0.05, 0) is 47.7 Å². The molecule has 1 atom stereocenters. The molecule has 0 N–H and O–H groups in total. The van der Waals surface area contributed by atoms with E-state index in [1.165, 1.54) is 18.6 Å². The molecular formula is C21H23F5. The molecule has 0 saturated heterocycles. The molecule has 0 radical (unpaired) electrons. The van der Waals surface area contributed by atoms with E-state index in [2.05, 4.69) is 6.92 Å². The normalized spacial score (nSPS) is 12.4. The van der Waals surface area contributed by atoms with Crippen LogP contribution < -0.4 is 0 Å². The molecule has 1 unspecified atom stereocenters. The number of rotatable bonds is 8. The van der Waals surface area contributed by atoms with Crippen LogP contribution >= 0.6 is 0 Å². The van der Waals surface area contributed by atoms with E-state index in [0.717, 1.165) is 25.7 Å². The van der Waals surface area contributed by atoms with Crippen LogP contribution in [0, 0.1) is 35.0 Å². The van der Waals surface area contributed by atoms with Gasteiger partial charge in [0.2, 0.25) is 0 Å². The van der Waals surface area contributed by atoms with Crippen LogP contribution in [0.4, 0.5) is 22.0 Å². The molecule has 0 aliphatic rings. The highest BCUT2D eigenvalue weighted by Crippen LogP contribution is 2.30. The van der Waals surface area contributed by atoms with Gasteiger partial charge in [0.05, 0.1) is 5.56 Å². The van der Waals surface area contributed by atoms with Gasteiger partial charge in [0.15, 0.2) is 17.5 Å². The Morgan fingerprint density at radius 3 is 1.88 bits per heavy atom. The van der Waals surface area contributed by atoms with E-state index in [0.29, 0.717) is 24.1 Å². The molecule has 0 aromatic heterocycles. The summed E-state index contributed by atoms with van der Waals surface area (Å²) >= 11 is 0. The summed E-state index contributed by atoms with van der Waals surface area (Å²) in [5.74, 6) is -6.18. The van der Waals surface area contributed by atoms with Crippen molar-refractivity contribution in [2.45, 2.75) is 52.4 Å². The van der Waals surface area contributed by atoms with Crippen LogP contribution in [0.2, 0.25) is 0 Å². The lowest BCUT2D eigenvalue weighted by Crippen LogP contribution is -2.03. The van der Waals surface area contributed by atoms with Crippen molar-refractivity contribution in [3.05, 3.63) is 58.9 Å². The SMILES string of the molecule is CCCCCCC(C)Cc1cc(F)c(-c2cc(F)c(F)c(F)c2)c(F)c1. The van der Waals surface area contributed by atoms with Crippen molar-refractivity contribution in [2.75, 3.05) is 0 Å². The Morgan fingerprint density at radius 1 is 0.769 bits per heavy atom. The van der Waals surface area contributed by atoms with Gasteiger partial charge in [-0.3, -0.25) is 0 Å². The Bertz CT molecular complexity index is 708. The van der Waals surface area contributed by atoms with Gasteiger partial charge in [-0.25, -0.2) is 22.0 Å². The van der Waals surface area contributed by atoms with Crippen molar-refractivity contribution < 1.29 is 22.0 Å². The summed E-state index contributed by atoms with van der Waals surface area (Å²) in [5, 5.41) is 0. The first-order valence-electron chi connectivity index (χ1n) is 8.96. The van der Waals surface area contributed by atoms with Crippen LogP contribution in [0.25, 0.3) is 11.1 Å². The zero-order valence-corrected chi connectivity index (χ0v) is 15.0. The predicted molar refractivity (Wildman–Crippen MR) is 93.3 cm³/mol. The number of unbranched alkanes of at least 4 members (excludes halogenated alkanes) is 3. The molecule has 0 aliphatic heterocycles. The molecule has 2 aromatic rings. The average molecular weight is 370 g/mol. The Kier molecular flexibility index (Phi) is 7.18. The summed E-state index contributed by atoms with van der Waals surface area (Å²) < 4.78 is 68.5. The van der Waals surface area contributed by atoms with E-state index in [1.54, 1.807) is 0 Å². The van der Waals surface area contributed by atoms with Gasteiger partial charge < -0.3 is 0 Å². The molecule has 2 rings (SSSR count). The van der Waals surface area contributed by atoms with Gasteiger partial charge in [-0.1, -0.05) is 46.0 Å². The fraction of sp³-hybridized carbons (Fsp3) is 0.429. The van der Waals surface area contributed by atoms with Gasteiger partial charge in [0.1, 0.15) is 11.6 Å². The molecule has 0 saturated carbocycles. The third-order valence-corrected chi connectivity index (χ3v) is 4.51. The van der Waals surface area contributed by atoms with E-state index in [1.807, 2.05) is 6.92 Å². The van der Waals surface area contributed by atoms with Gasteiger partial charge in [-0.2, -0.15) is 0 Å². The van der Waals surface area contributed by atoms with Crippen molar-refractivity contribution in [2.24, 2.45) is 5.92 Å². The minimum absolute atomic E-state index is 0.275. The van der Waals surface area contributed by atoms with Crippen molar-refractivity contribution in [1.29, 1.82) is 0 Å². The largest absolute Gasteiger partial charge is 0.206 e. The molecule has 0 spiro atoms. The topological polar surface area (TPSA) is 0 Å². The molecule has 0 aliphatic carbocycles. The highest BCUT2D eigenvalue weighted by Gasteiger charge is 2.18. The predicted octanol–water partition coefficient (Wildman–Crippen LogP) is 7.20. The lowest BCUT2D eigenvalue weighted by Gasteiger charge is -2.13. The van der Waals surface area contributed by atoms with E-state index in [4.69, 9.17) is 0 Å². The molecular weight excluding hydrogens is 347 g/mol. The third-order valence-electron chi connectivity index (χ3n) is 4.51. The average Bonchev–Trinajstić information content (AvgIpc) is 2.56. The fourth-order valence-electron chi connectivity index (χ4n) is 3.14. The van der Waals surface area contributed by atoms with Crippen LogP contribution in [-0.2, 0) is 6.42 Å². The Balaban J connectivity index is 2.18. The van der Waals surface area contributed by atoms with Crippen molar-refractivity contribution in [3.8, 4) is 11.1 Å². The maximum absolute atomic E-state index is 14.4. The maximum Gasteiger partial charge on any atom is 0.194 e. The highest BCUT2D eigenvalue weighted by atomic mass is 19.2. The van der Waals surface area contributed by atoms with Gasteiger partial charge in [-0.15, -0.1) is 0 Å².